The molecular formula is C10H20N2O. The van der Waals surface area contributed by atoms with Gasteiger partial charge in [0.2, 0.25) is 5.91 Å². The second-order valence-electron chi connectivity index (χ2n) is 4.42. The fraction of sp³-hybridized carbons (Fsp3) is 0.900. The van der Waals surface area contributed by atoms with Crippen LogP contribution in [-0.4, -0.2) is 29.9 Å². The maximum Gasteiger partial charge on any atom is 0.219 e. The molecule has 0 aromatic rings. The van der Waals surface area contributed by atoms with Crippen LogP contribution in [0.25, 0.3) is 0 Å². The van der Waals surface area contributed by atoms with Gasteiger partial charge in [-0.15, -0.1) is 0 Å². The zero-order valence-electron chi connectivity index (χ0n) is 8.79. The van der Waals surface area contributed by atoms with Gasteiger partial charge in [0.25, 0.3) is 0 Å². The van der Waals surface area contributed by atoms with Gasteiger partial charge in [-0.25, -0.2) is 0 Å². The summed E-state index contributed by atoms with van der Waals surface area (Å²) >= 11 is 0. The Morgan fingerprint density at radius 2 is 2.08 bits per heavy atom. The van der Waals surface area contributed by atoms with Crippen LogP contribution in [0.4, 0.5) is 0 Å². The standard InChI is InChI=1S/C10H20N2O/c1-7(2)9-4-10(11)6-12(5-9)8(3)13/h7,9-10H,4-6,11H2,1-3H3. The smallest absolute Gasteiger partial charge is 0.219 e. The molecule has 0 aliphatic carbocycles. The fourth-order valence-electron chi connectivity index (χ4n) is 1.92. The number of carbonyl (C=O) groups excluding carboxylic acids is 1. The number of piperidine rings is 1. The Morgan fingerprint density at radius 3 is 2.54 bits per heavy atom. The highest BCUT2D eigenvalue weighted by atomic mass is 16.2. The van der Waals surface area contributed by atoms with E-state index in [9.17, 15) is 4.79 Å². The minimum Gasteiger partial charge on any atom is -0.341 e. The zero-order chi connectivity index (χ0) is 10.0. The molecule has 2 atom stereocenters. The summed E-state index contributed by atoms with van der Waals surface area (Å²) in [5, 5.41) is 0. The van der Waals surface area contributed by atoms with Crippen molar-refractivity contribution >= 4 is 5.91 Å². The van der Waals surface area contributed by atoms with Crippen molar-refractivity contribution in [3.05, 3.63) is 0 Å². The number of hydrogen-bond acceptors (Lipinski definition) is 2. The highest BCUT2D eigenvalue weighted by Gasteiger charge is 2.27. The molecule has 1 fully saturated rings. The Labute approximate surface area is 80.3 Å². The van der Waals surface area contributed by atoms with Crippen LogP contribution in [0.2, 0.25) is 0 Å². The van der Waals surface area contributed by atoms with Gasteiger partial charge in [-0.05, 0) is 18.3 Å². The van der Waals surface area contributed by atoms with E-state index < -0.39 is 0 Å². The third-order valence-corrected chi connectivity index (χ3v) is 2.90. The number of hydrogen-bond donors (Lipinski definition) is 1. The van der Waals surface area contributed by atoms with E-state index in [2.05, 4.69) is 13.8 Å². The first-order valence-corrected chi connectivity index (χ1v) is 5.01. The normalized spacial score (nSPS) is 29.5. The van der Waals surface area contributed by atoms with Gasteiger partial charge in [0.15, 0.2) is 0 Å². The first kappa shape index (κ1) is 10.5. The van der Waals surface area contributed by atoms with Crippen molar-refractivity contribution in [2.75, 3.05) is 13.1 Å². The predicted octanol–water partition coefficient (Wildman–Crippen LogP) is 0.838. The van der Waals surface area contributed by atoms with Crippen molar-refractivity contribution in [1.29, 1.82) is 0 Å². The molecule has 1 amide bonds. The lowest BCUT2D eigenvalue weighted by Gasteiger charge is -2.37. The zero-order valence-corrected chi connectivity index (χ0v) is 8.79. The van der Waals surface area contributed by atoms with Crippen LogP contribution < -0.4 is 5.73 Å². The molecule has 0 aromatic heterocycles. The van der Waals surface area contributed by atoms with Crippen molar-refractivity contribution in [2.45, 2.75) is 33.2 Å². The monoisotopic (exact) mass is 184 g/mol. The molecule has 13 heavy (non-hydrogen) atoms. The van der Waals surface area contributed by atoms with Gasteiger partial charge in [0.1, 0.15) is 0 Å². The fourth-order valence-corrected chi connectivity index (χ4v) is 1.92. The van der Waals surface area contributed by atoms with Gasteiger partial charge in [-0.1, -0.05) is 13.8 Å². The predicted molar refractivity (Wildman–Crippen MR) is 53.2 cm³/mol. The quantitative estimate of drug-likeness (QED) is 0.656. The van der Waals surface area contributed by atoms with Gasteiger partial charge in [0, 0.05) is 26.1 Å². The molecule has 1 aliphatic rings. The summed E-state index contributed by atoms with van der Waals surface area (Å²) in [5.41, 5.74) is 5.90. The molecule has 1 rings (SSSR count). The van der Waals surface area contributed by atoms with E-state index in [1.807, 2.05) is 4.90 Å². The van der Waals surface area contributed by atoms with Crippen LogP contribution >= 0.6 is 0 Å². The van der Waals surface area contributed by atoms with Gasteiger partial charge in [-0.3, -0.25) is 4.79 Å². The van der Waals surface area contributed by atoms with Crippen molar-refractivity contribution in [3.8, 4) is 0 Å². The summed E-state index contributed by atoms with van der Waals surface area (Å²) in [7, 11) is 0. The lowest BCUT2D eigenvalue weighted by molar-refractivity contribution is -0.131. The van der Waals surface area contributed by atoms with E-state index in [0.29, 0.717) is 11.8 Å². The molecule has 1 heterocycles. The summed E-state index contributed by atoms with van der Waals surface area (Å²) < 4.78 is 0. The number of amides is 1. The third kappa shape index (κ3) is 2.69. The Morgan fingerprint density at radius 1 is 1.46 bits per heavy atom. The molecule has 0 spiro atoms. The third-order valence-electron chi connectivity index (χ3n) is 2.90. The van der Waals surface area contributed by atoms with E-state index in [4.69, 9.17) is 5.73 Å². The maximum atomic E-state index is 11.2. The number of carbonyl (C=O) groups is 1. The molecule has 2 unspecified atom stereocenters. The number of likely N-dealkylation sites (tertiary alicyclic amines) is 1. The van der Waals surface area contributed by atoms with Crippen molar-refractivity contribution in [3.63, 3.8) is 0 Å². The summed E-state index contributed by atoms with van der Waals surface area (Å²) in [5.74, 6) is 1.35. The molecule has 3 nitrogen and oxygen atoms in total. The average Bonchev–Trinajstić information content (AvgIpc) is 2.03. The molecule has 0 aromatic carbocycles. The minimum absolute atomic E-state index is 0.154. The molecule has 1 aliphatic heterocycles. The summed E-state index contributed by atoms with van der Waals surface area (Å²) in [6.07, 6.45) is 1.06. The van der Waals surface area contributed by atoms with Crippen LogP contribution in [0.5, 0.6) is 0 Å². The lowest BCUT2D eigenvalue weighted by atomic mass is 9.86. The highest BCUT2D eigenvalue weighted by Crippen LogP contribution is 2.22. The number of nitrogens with zero attached hydrogens (tertiary/aromatic N) is 1. The summed E-state index contributed by atoms with van der Waals surface area (Å²) in [6, 6.07) is 0.171. The van der Waals surface area contributed by atoms with Gasteiger partial charge in [-0.2, -0.15) is 0 Å². The molecule has 2 N–H and O–H groups in total. The Balaban J connectivity index is 2.57. The summed E-state index contributed by atoms with van der Waals surface area (Å²) in [6.45, 7) is 7.64. The first-order chi connectivity index (χ1) is 6.00. The Hall–Kier alpha value is -0.570. The van der Waals surface area contributed by atoms with Crippen LogP contribution in [0.1, 0.15) is 27.2 Å². The van der Waals surface area contributed by atoms with Crippen molar-refractivity contribution in [2.24, 2.45) is 17.6 Å². The SMILES string of the molecule is CC(=O)N1CC(N)CC(C(C)C)C1. The highest BCUT2D eigenvalue weighted by molar-refractivity contribution is 5.73. The van der Waals surface area contributed by atoms with Crippen LogP contribution in [0.15, 0.2) is 0 Å². The molecule has 76 valence electrons. The summed E-state index contributed by atoms with van der Waals surface area (Å²) in [4.78, 5) is 13.1. The van der Waals surface area contributed by atoms with Gasteiger partial charge < -0.3 is 10.6 Å². The molecule has 1 saturated heterocycles. The topological polar surface area (TPSA) is 46.3 Å². The molecule has 3 heteroatoms. The first-order valence-electron chi connectivity index (χ1n) is 5.01. The van der Waals surface area contributed by atoms with Gasteiger partial charge in [0.05, 0.1) is 0 Å². The van der Waals surface area contributed by atoms with E-state index in [1.54, 1.807) is 6.92 Å². The van der Waals surface area contributed by atoms with E-state index in [0.717, 1.165) is 19.5 Å². The second-order valence-corrected chi connectivity index (χ2v) is 4.42. The van der Waals surface area contributed by atoms with E-state index >= 15 is 0 Å². The molecular weight excluding hydrogens is 164 g/mol. The number of rotatable bonds is 1. The van der Waals surface area contributed by atoms with Crippen LogP contribution in [-0.2, 0) is 4.79 Å². The van der Waals surface area contributed by atoms with Crippen LogP contribution in [0, 0.1) is 11.8 Å². The minimum atomic E-state index is 0.154. The Kier molecular flexibility index (Phi) is 3.31. The molecule has 0 saturated carbocycles. The van der Waals surface area contributed by atoms with Crippen molar-refractivity contribution < 1.29 is 4.79 Å². The molecule has 0 radical (unpaired) electrons. The van der Waals surface area contributed by atoms with Crippen molar-refractivity contribution in [1.82, 2.24) is 4.90 Å². The maximum absolute atomic E-state index is 11.2. The largest absolute Gasteiger partial charge is 0.341 e. The van der Waals surface area contributed by atoms with E-state index in [-0.39, 0.29) is 11.9 Å². The van der Waals surface area contributed by atoms with Crippen LogP contribution in [0.3, 0.4) is 0 Å². The van der Waals surface area contributed by atoms with Gasteiger partial charge >= 0.3 is 0 Å². The number of nitrogens with two attached hydrogens (primary N) is 1. The second kappa shape index (κ2) is 4.09. The average molecular weight is 184 g/mol. The Bertz CT molecular complexity index is 191. The van der Waals surface area contributed by atoms with E-state index in [1.165, 1.54) is 0 Å². The molecule has 0 bridgehead atoms. The lowest BCUT2D eigenvalue weighted by Crippen LogP contribution is -2.49.